The lowest BCUT2D eigenvalue weighted by Gasteiger charge is -2.15. The molecule has 0 radical (unpaired) electrons. The van der Waals surface area contributed by atoms with Crippen molar-refractivity contribution in [3.63, 3.8) is 0 Å². The fraction of sp³-hybridized carbons (Fsp3) is 0.900. The minimum Gasteiger partial charge on any atom is -0.312 e. The first-order chi connectivity index (χ1) is 6.20. The molecule has 2 aliphatic carbocycles. The summed E-state index contributed by atoms with van der Waals surface area (Å²) < 4.78 is 0. The van der Waals surface area contributed by atoms with Crippen LogP contribution in [0.4, 0.5) is 0 Å². The molecule has 0 spiro atoms. The van der Waals surface area contributed by atoms with Crippen molar-refractivity contribution in [2.75, 3.05) is 0 Å². The van der Waals surface area contributed by atoms with Crippen LogP contribution in [0, 0.1) is 17.8 Å². The summed E-state index contributed by atoms with van der Waals surface area (Å²) in [5.41, 5.74) is 2.77. The van der Waals surface area contributed by atoms with E-state index >= 15 is 0 Å². The number of nitrogens with two attached hydrogens (primary N) is 1. The van der Waals surface area contributed by atoms with Crippen LogP contribution in [0.15, 0.2) is 4.99 Å². The van der Waals surface area contributed by atoms with E-state index in [0.29, 0.717) is 12.0 Å². The first kappa shape index (κ1) is 9.00. The van der Waals surface area contributed by atoms with E-state index in [1.807, 2.05) is 0 Å². The predicted octanol–water partition coefficient (Wildman–Crippen LogP) is 1.30. The summed E-state index contributed by atoms with van der Waals surface area (Å²) >= 11 is 0. The first-order valence-corrected chi connectivity index (χ1v) is 5.25. The van der Waals surface area contributed by atoms with Crippen LogP contribution < -0.4 is 11.3 Å². The van der Waals surface area contributed by atoms with Gasteiger partial charge >= 0.3 is 0 Å². The van der Waals surface area contributed by atoms with E-state index in [-0.39, 0.29) is 0 Å². The van der Waals surface area contributed by atoms with Crippen molar-refractivity contribution in [1.29, 1.82) is 0 Å². The summed E-state index contributed by atoms with van der Waals surface area (Å²) in [6.07, 6.45) is 4.07. The lowest BCUT2D eigenvalue weighted by atomic mass is 10.0. The molecule has 0 aliphatic heterocycles. The van der Waals surface area contributed by atoms with E-state index in [1.54, 1.807) is 0 Å². The fourth-order valence-corrected chi connectivity index (χ4v) is 2.48. The van der Waals surface area contributed by atoms with Gasteiger partial charge in [0.15, 0.2) is 0 Å². The fourth-order valence-electron chi connectivity index (χ4n) is 2.48. The number of rotatable bonds is 2. The summed E-state index contributed by atoms with van der Waals surface area (Å²) in [7, 11) is 0. The number of hydrogen-bond donors (Lipinski definition) is 2. The van der Waals surface area contributed by atoms with Crippen LogP contribution in [-0.2, 0) is 0 Å². The van der Waals surface area contributed by atoms with Gasteiger partial charge in [0.1, 0.15) is 5.84 Å². The Hall–Kier alpha value is -0.570. The van der Waals surface area contributed by atoms with E-state index in [0.717, 1.165) is 17.7 Å². The third-order valence-electron chi connectivity index (χ3n) is 3.18. The molecular weight excluding hydrogens is 162 g/mol. The van der Waals surface area contributed by atoms with Crippen LogP contribution in [0.5, 0.6) is 0 Å². The number of fused-ring (bicyclic) bond motifs is 1. The zero-order chi connectivity index (χ0) is 9.42. The van der Waals surface area contributed by atoms with E-state index in [2.05, 4.69) is 24.3 Å². The van der Waals surface area contributed by atoms with E-state index < -0.39 is 0 Å². The molecule has 2 saturated carbocycles. The Labute approximate surface area is 79.8 Å². The van der Waals surface area contributed by atoms with Crippen LogP contribution in [0.1, 0.15) is 33.1 Å². The van der Waals surface area contributed by atoms with E-state index in [9.17, 15) is 0 Å². The van der Waals surface area contributed by atoms with Crippen LogP contribution >= 0.6 is 0 Å². The quantitative estimate of drug-likeness (QED) is 0.292. The molecule has 3 heteroatoms. The van der Waals surface area contributed by atoms with Gasteiger partial charge in [-0.3, -0.25) is 4.99 Å². The highest BCUT2D eigenvalue weighted by molar-refractivity contribution is 5.84. The zero-order valence-electron chi connectivity index (χ0n) is 8.46. The van der Waals surface area contributed by atoms with Crippen LogP contribution in [0.25, 0.3) is 0 Å². The topological polar surface area (TPSA) is 50.4 Å². The highest BCUT2D eigenvalue weighted by Gasteiger charge is 2.47. The third-order valence-corrected chi connectivity index (χ3v) is 3.18. The smallest absolute Gasteiger partial charge is 0.114 e. The van der Waals surface area contributed by atoms with Gasteiger partial charge in [0, 0.05) is 12.0 Å². The molecule has 0 saturated heterocycles. The van der Waals surface area contributed by atoms with E-state index in [1.165, 1.54) is 19.3 Å². The summed E-state index contributed by atoms with van der Waals surface area (Å²) in [6.45, 7) is 4.18. The Morgan fingerprint density at radius 2 is 1.92 bits per heavy atom. The molecule has 3 nitrogen and oxygen atoms in total. The molecule has 74 valence electrons. The summed E-state index contributed by atoms with van der Waals surface area (Å²) in [5.74, 6) is 9.12. The van der Waals surface area contributed by atoms with Crippen LogP contribution in [-0.4, -0.2) is 11.9 Å². The van der Waals surface area contributed by atoms with Crippen LogP contribution in [0.2, 0.25) is 0 Å². The molecule has 2 rings (SSSR count). The second-order valence-corrected chi connectivity index (χ2v) is 4.68. The number of nitrogens with one attached hydrogen (secondary N) is 1. The minimum atomic E-state index is 0.350. The normalized spacial score (nSPS) is 37.8. The van der Waals surface area contributed by atoms with Gasteiger partial charge in [-0.1, -0.05) is 0 Å². The molecule has 2 unspecified atom stereocenters. The van der Waals surface area contributed by atoms with Crippen LogP contribution in [0.3, 0.4) is 0 Å². The number of hydrogen-bond acceptors (Lipinski definition) is 2. The molecule has 2 atom stereocenters. The average molecular weight is 181 g/mol. The lowest BCUT2D eigenvalue weighted by Crippen LogP contribution is -2.36. The van der Waals surface area contributed by atoms with Gasteiger partial charge in [0.2, 0.25) is 0 Å². The van der Waals surface area contributed by atoms with Crippen molar-refractivity contribution in [2.24, 2.45) is 28.6 Å². The number of aliphatic imine (C=N–C) groups is 1. The van der Waals surface area contributed by atoms with Gasteiger partial charge in [0.05, 0.1) is 0 Å². The Kier molecular flexibility index (Phi) is 2.28. The van der Waals surface area contributed by atoms with Crippen molar-refractivity contribution in [2.45, 2.75) is 39.2 Å². The molecule has 0 aromatic carbocycles. The average Bonchev–Trinajstić information content (AvgIpc) is 2.69. The van der Waals surface area contributed by atoms with Gasteiger partial charge < -0.3 is 5.43 Å². The Morgan fingerprint density at radius 1 is 1.31 bits per heavy atom. The Morgan fingerprint density at radius 3 is 2.38 bits per heavy atom. The van der Waals surface area contributed by atoms with Crippen molar-refractivity contribution in [3.8, 4) is 0 Å². The summed E-state index contributed by atoms with van der Waals surface area (Å²) in [6, 6.07) is 0.350. The SMILES string of the molecule is CC(C)N=C(NN)C1CC2CC2C1. The van der Waals surface area contributed by atoms with Crippen molar-refractivity contribution >= 4 is 5.84 Å². The molecule has 0 amide bonds. The highest BCUT2D eigenvalue weighted by atomic mass is 15.3. The maximum absolute atomic E-state index is 5.48. The maximum atomic E-state index is 5.48. The van der Waals surface area contributed by atoms with Crippen molar-refractivity contribution < 1.29 is 0 Å². The Balaban J connectivity index is 1.96. The molecular formula is C10H19N3. The zero-order valence-corrected chi connectivity index (χ0v) is 8.46. The van der Waals surface area contributed by atoms with Gasteiger partial charge in [-0.05, 0) is 44.9 Å². The van der Waals surface area contributed by atoms with Gasteiger partial charge in [-0.25, -0.2) is 5.84 Å². The maximum Gasteiger partial charge on any atom is 0.114 e. The van der Waals surface area contributed by atoms with Gasteiger partial charge in [-0.2, -0.15) is 0 Å². The second kappa shape index (κ2) is 3.29. The standard InChI is InChI=1S/C10H19N3/c1-6(2)12-10(13-11)9-4-7-3-8(7)5-9/h6-9H,3-5,11H2,1-2H3,(H,12,13). The molecule has 13 heavy (non-hydrogen) atoms. The molecule has 0 bridgehead atoms. The number of amidine groups is 1. The van der Waals surface area contributed by atoms with E-state index in [4.69, 9.17) is 5.84 Å². The van der Waals surface area contributed by atoms with Crippen molar-refractivity contribution in [1.82, 2.24) is 5.43 Å². The van der Waals surface area contributed by atoms with Gasteiger partial charge in [-0.15, -0.1) is 0 Å². The molecule has 2 fully saturated rings. The largest absolute Gasteiger partial charge is 0.312 e. The van der Waals surface area contributed by atoms with Crippen molar-refractivity contribution in [3.05, 3.63) is 0 Å². The molecule has 0 heterocycles. The summed E-state index contributed by atoms with van der Waals surface area (Å²) in [5, 5.41) is 0. The molecule has 0 aromatic rings. The molecule has 2 aliphatic rings. The Bertz CT molecular complexity index is 212. The monoisotopic (exact) mass is 181 g/mol. The summed E-state index contributed by atoms with van der Waals surface area (Å²) in [4.78, 5) is 4.51. The molecule has 3 N–H and O–H groups in total. The molecule has 0 aromatic heterocycles. The number of nitrogens with zero attached hydrogens (tertiary/aromatic N) is 1. The minimum absolute atomic E-state index is 0.350. The first-order valence-electron chi connectivity index (χ1n) is 5.25. The second-order valence-electron chi connectivity index (χ2n) is 4.68. The van der Waals surface area contributed by atoms with Gasteiger partial charge in [0.25, 0.3) is 0 Å². The number of hydrazine groups is 1. The highest BCUT2D eigenvalue weighted by Crippen LogP contribution is 2.54. The lowest BCUT2D eigenvalue weighted by molar-refractivity contribution is 0.597. The third kappa shape index (κ3) is 1.85. The predicted molar refractivity (Wildman–Crippen MR) is 54.2 cm³/mol.